The van der Waals surface area contributed by atoms with E-state index in [0.29, 0.717) is 13.1 Å². The second-order valence-electron chi connectivity index (χ2n) is 3.68. The zero-order valence-electron chi connectivity index (χ0n) is 9.17. The Kier molecular flexibility index (Phi) is 3.26. The van der Waals surface area contributed by atoms with E-state index in [1.54, 1.807) is 0 Å². The zero-order valence-corrected chi connectivity index (χ0v) is 9.17. The number of carbonyl (C=O) groups is 1. The van der Waals surface area contributed by atoms with Gasteiger partial charge in [0.1, 0.15) is 5.82 Å². The van der Waals surface area contributed by atoms with Crippen LogP contribution in [0.1, 0.15) is 6.42 Å². The summed E-state index contributed by atoms with van der Waals surface area (Å²) in [5.41, 5.74) is -0.481. The molecule has 0 aliphatic carbocycles. The van der Waals surface area contributed by atoms with Crippen LogP contribution >= 0.6 is 0 Å². The normalized spacial score (nSPS) is 13.7. The molecule has 1 saturated heterocycles. The summed E-state index contributed by atoms with van der Waals surface area (Å²) in [4.78, 5) is 31.3. The molecule has 0 spiro atoms. The number of hydrogen-bond acceptors (Lipinski definition) is 5. The fraction of sp³-hybridized carbons (Fsp3) is 0.300. The van der Waals surface area contributed by atoms with E-state index in [1.807, 2.05) is 0 Å². The van der Waals surface area contributed by atoms with Gasteiger partial charge in [-0.05, 0) is 6.42 Å². The molecule has 8 heteroatoms. The Hall–Kier alpha value is -2.38. The van der Waals surface area contributed by atoms with E-state index < -0.39 is 22.5 Å². The molecule has 1 fully saturated rings. The molecular formula is C10H9FN2O5. The highest BCUT2D eigenvalue weighted by Crippen LogP contribution is 2.22. The van der Waals surface area contributed by atoms with Crippen LogP contribution in [-0.2, 0) is 4.89 Å². The maximum atomic E-state index is 13.0. The number of benzene rings is 1. The van der Waals surface area contributed by atoms with Gasteiger partial charge in [0.15, 0.2) is 5.75 Å². The number of likely N-dealkylation sites (tertiary alicyclic amines) is 1. The van der Waals surface area contributed by atoms with Crippen LogP contribution < -0.4 is 4.89 Å². The molecule has 1 aliphatic heterocycles. The predicted molar refractivity (Wildman–Crippen MR) is 56.4 cm³/mol. The average Bonchev–Trinajstić information content (AvgIpc) is 2.23. The second kappa shape index (κ2) is 4.86. The second-order valence-corrected chi connectivity index (χ2v) is 3.68. The first-order chi connectivity index (χ1) is 8.56. The molecule has 1 aromatic rings. The Morgan fingerprint density at radius 1 is 1.39 bits per heavy atom. The number of nitrogens with zero attached hydrogens (tertiary/aromatic N) is 2. The summed E-state index contributed by atoms with van der Waals surface area (Å²) >= 11 is 0. The number of carbonyl (C=O) groups excluding carboxylic acids is 1. The van der Waals surface area contributed by atoms with Gasteiger partial charge in [-0.3, -0.25) is 15.0 Å². The van der Waals surface area contributed by atoms with Crippen LogP contribution in [0.4, 0.5) is 14.9 Å². The van der Waals surface area contributed by atoms with E-state index in [9.17, 15) is 19.3 Å². The molecule has 0 unspecified atom stereocenters. The van der Waals surface area contributed by atoms with E-state index in [1.165, 1.54) is 4.90 Å². The quantitative estimate of drug-likeness (QED) is 0.468. The molecule has 18 heavy (non-hydrogen) atoms. The first kappa shape index (κ1) is 12.1. The number of rotatable bonds is 3. The van der Waals surface area contributed by atoms with Crippen molar-refractivity contribution in [3.05, 3.63) is 34.1 Å². The van der Waals surface area contributed by atoms with Crippen LogP contribution in [0.25, 0.3) is 0 Å². The van der Waals surface area contributed by atoms with E-state index >= 15 is 0 Å². The molecule has 1 heterocycles. The van der Waals surface area contributed by atoms with E-state index in [0.717, 1.165) is 24.6 Å². The Morgan fingerprint density at radius 3 is 2.67 bits per heavy atom. The molecule has 2 rings (SSSR count). The third kappa shape index (κ3) is 2.65. The smallest absolute Gasteiger partial charge is 0.305 e. The molecule has 1 amide bonds. The molecule has 0 atom stereocenters. The predicted octanol–water partition coefficient (Wildman–Crippen LogP) is 1.87. The minimum Gasteiger partial charge on any atom is -0.305 e. The van der Waals surface area contributed by atoms with Crippen LogP contribution in [0.2, 0.25) is 0 Å². The van der Waals surface area contributed by atoms with Gasteiger partial charge in [0, 0.05) is 19.2 Å². The molecule has 0 bridgehead atoms. The standard InChI is InChI=1S/C10H9FN2O5/c11-7-4-8(13(15)16)6-9(5-7)17-18-10(14)12-2-1-3-12/h4-6H,1-3H2. The van der Waals surface area contributed by atoms with Gasteiger partial charge in [-0.15, -0.1) is 0 Å². The zero-order chi connectivity index (χ0) is 13.1. The number of halogens is 1. The van der Waals surface area contributed by atoms with Gasteiger partial charge in [-0.25, -0.2) is 14.1 Å². The maximum Gasteiger partial charge on any atom is 0.452 e. The Morgan fingerprint density at radius 2 is 2.11 bits per heavy atom. The van der Waals surface area contributed by atoms with Crippen LogP contribution in [0, 0.1) is 15.9 Å². The summed E-state index contributed by atoms with van der Waals surface area (Å²) in [6.45, 7) is 1.15. The highest BCUT2D eigenvalue weighted by molar-refractivity contribution is 5.67. The van der Waals surface area contributed by atoms with Crippen LogP contribution in [-0.4, -0.2) is 29.0 Å². The van der Waals surface area contributed by atoms with Crippen molar-refractivity contribution >= 4 is 11.8 Å². The SMILES string of the molecule is O=C(OOc1cc(F)cc([N+](=O)[O-])c1)N1CCC1. The van der Waals surface area contributed by atoms with E-state index in [2.05, 4.69) is 9.78 Å². The lowest BCUT2D eigenvalue weighted by Gasteiger charge is -2.28. The first-order valence-electron chi connectivity index (χ1n) is 5.14. The van der Waals surface area contributed by atoms with Crippen LogP contribution in [0.5, 0.6) is 5.75 Å². The summed E-state index contributed by atoms with van der Waals surface area (Å²) in [7, 11) is 0. The topological polar surface area (TPSA) is 81.9 Å². The van der Waals surface area contributed by atoms with Crippen molar-refractivity contribution in [2.24, 2.45) is 0 Å². The van der Waals surface area contributed by atoms with Crippen molar-refractivity contribution in [2.45, 2.75) is 6.42 Å². The molecule has 1 aliphatic rings. The Bertz CT molecular complexity index is 489. The molecular weight excluding hydrogens is 247 g/mol. The molecule has 1 aromatic carbocycles. The fourth-order valence-electron chi connectivity index (χ4n) is 1.34. The van der Waals surface area contributed by atoms with Gasteiger partial charge in [0.2, 0.25) is 0 Å². The van der Waals surface area contributed by atoms with Gasteiger partial charge in [-0.1, -0.05) is 0 Å². The van der Waals surface area contributed by atoms with Gasteiger partial charge in [-0.2, -0.15) is 0 Å². The number of non-ortho nitro benzene ring substituents is 1. The van der Waals surface area contributed by atoms with Crippen molar-refractivity contribution < 1.29 is 23.9 Å². The third-order valence-electron chi connectivity index (χ3n) is 2.39. The fourth-order valence-corrected chi connectivity index (χ4v) is 1.34. The molecule has 0 saturated carbocycles. The van der Waals surface area contributed by atoms with Gasteiger partial charge < -0.3 is 4.90 Å². The molecule has 96 valence electrons. The number of hydrogen-bond donors (Lipinski definition) is 0. The number of nitro benzene ring substituents is 1. The minimum absolute atomic E-state index is 0.240. The third-order valence-corrected chi connectivity index (χ3v) is 2.39. The summed E-state index contributed by atoms with van der Waals surface area (Å²) in [6, 6.07) is 2.59. The van der Waals surface area contributed by atoms with Gasteiger partial charge in [0.05, 0.1) is 17.1 Å². The summed E-state index contributed by atoms with van der Waals surface area (Å²) in [6.07, 6.45) is 0.189. The average molecular weight is 256 g/mol. The van der Waals surface area contributed by atoms with Crippen molar-refractivity contribution in [1.29, 1.82) is 0 Å². The molecule has 0 N–H and O–H groups in total. The lowest BCUT2D eigenvalue weighted by Crippen LogP contribution is -2.42. The highest BCUT2D eigenvalue weighted by atomic mass is 19.1. The summed E-state index contributed by atoms with van der Waals surface area (Å²) in [5, 5.41) is 10.5. The summed E-state index contributed by atoms with van der Waals surface area (Å²) in [5.74, 6) is -1.09. The first-order valence-corrected chi connectivity index (χ1v) is 5.14. The number of nitro groups is 1. The minimum atomic E-state index is -0.848. The van der Waals surface area contributed by atoms with E-state index in [-0.39, 0.29) is 5.75 Å². The monoisotopic (exact) mass is 256 g/mol. The van der Waals surface area contributed by atoms with Crippen LogP contribution in [0.3, 0.4) is 0 Å². The van der Waals surface area contributed by atoms with Crippen molar-refractivity contribution in [1.82, 2.24) is 4.90 Å². The van der Waals surface area contributed by atoms with Gasteiger partial charge in [0.25, 0.3) is 5.69 Å². The highest BCUT2D eigenvalue weighted by Gasteiger charge is 2.23. The lowest BCUT2D eigenvalue weighted by atomic mass is 10.2. The van der Waals surface area contributed by atoms with Crippen molar-refractivity contribution in [3.63, 3.8) is 0 Å². The maximum absolute atomic E-state index is 13.0. The van der Waals surface area contributed by atoms with Crippen molar-refractivity contribution in [3.8, 4) is 5.75 Å². The van der Waals surface area contributed by atoms with Crippen molar-refractivity contribution in [2.75, 3.05) is 13.1 Å². The summed E-state index contributed by atoms with van der Waals surface area (Å²) < 4.78 is 13.0. The van der Waals surface area contributed by atoms with Gasteiger partial charge >= 0.3 is 6.09 Å². The molecule has 0 radical (unpaired) electrons. The molecule has 0 aromatic heterocycles. The largest absolute Gasteiger partial charge is 0.452 e. The molecule has 7 nitrogen and oxygen atoms in total. The lowest BCUT2D eigenvalue weighted by molar-refractivity contribution is -0.385. The number of amides is 1. The Balaban J connectivity index is 2.00. The van der Waals surface area contributed by atoms with E-state index in [4.69, 9.17) is 0 Å². The van der Waals surface area contributed by atoms with Crippen LogP contribution in [0.15, 0.2) is 18.2 Å². The Labute approximate surface area is 101 Å².